The summed E-state index contributed by atoms with van der Waals surface area (Å²) in [5.74, 6) is -2.07. The fourth-order valence-corrected chi connectivity index (χ4v) is 4.50. The summed E-state index contributed by atoms with van der Waals surface area (Å²) >= 11 is 6.15. The minimum atomic E-state index is -1.86. The van der Waals surface area contributed by atoms with Crippen molar-refractivity contribution in [2.45, 2.75) is 44.7 Å². The van der Waals surface area contributed by atoms with Gasteiger partial charge in [-0.1, -0.05) is 49.7 Å². The van der Waals surface area contributed by atoms with Gasteiger partial charge in [0.15, 0.2) is 0 Å². The summed E-state index contributed by atoms with van der Waals surface area (Å²) in [6.45, 7) is 3.48. The Labute approximate surface area is 256 Å². The molecule has 0 bridgehead atoms. The van der Waals surface area contributed by atoms with E-state index in [1.54, 1.807) is 68.4 Å². The highest BCUT2D eigenvalue weighted by molar-refractivity contribution is 6.43. The van der Waals surface area contributed by atoms with Gasteiger partial charge in [-0.05, 0) is 59.9 Å². The van der Waals surface area contributed by atoms with E-state index in [9.17, 15) is 24.4 Å². The van der Waals surface area contributed by atoms with E-state index in [0.29, 0.717) is 11.5 Å². The van der Waals surface area contributed by atoms with E-state index in [-0.39, 0.29) is 29.5 Å². The maximum absolute atomic E-state index is 13.6. The minimum Gasteiger partial charge on any atom is -0.497 e. The number of pyridine rings is 1. The molecule has 5 N–H and O–H groups in total. The fourth-order valence-electron chi connectivity index (χ4n) is 4.29. The van der Waals surface area contributed by atoms with Crippen molar-refractivity contribution in [2.24, 2.45) is 5.92 Å². The first-order valence-electron chi connectivity index (χ1n) is 13.7. The van der Waals surface area contributed by atoms with Crippen LogP contribution < -0.4 is 25.4 Å². The molecule has 0 unspecified atom stereocenters. The molecule has 3 rings (SSSR count). The number of methoxy groups -OCH3 is 2. The van der Waals surface area contributed by atoms with Crippen LogP contribution in [-0.4, -0.2) is 72.1 Å². The Bertz CT molecular complexity index is 1370. The highest BCUT2D eigenvalue weighted by atomic mass is 35.5. The predicted octanol–water partition coefficient (Wildman–Crippen LogP) is 1.97. The van der Waals surface area contributed by atoms with Crippen molar-refractivity contribution in [3.8, 4) is 11.5 Å². The van der Waals surface area contributed by atoms with E-state index in [0.717, 1.165) is 11.1 Å². The van der Waals surface area contributed by atoms with Crippen molar-refractivity contribution >= 4 is 36.4 Å². The van der Waals surface area contributed by atoms with Crippen molar-refractivity contribution in [2.75, 3.05) is 14.2 Å². The number of amides is 3. The molecule has 0 saturated heterocycles. The lowest BCUT2D eigenvalue weighted by Gasteiger charge is -2.27. The SMILES string of the molecule is COc1ccc(C[C@H](NC(=O)[C@@H](NC(=O)[C@H](Cc2ccc(OC)cc2)NC(=O)c2ncccc2Cl)C(C)C)B(O)O)cc1. The monoisotopic (exact) mass is 610 g/mol. The Kier molecular flexibility index (Phi) is 12.4. The molecule has 3 atom stereocenters. The normalized spacial score (nSPS) is 12.9. The molecule has 43 heavy (non-hydrogen) atoms. The zero-order chi connectivity index (χ0) is 31.5. The zero-order valence-electron chi connectivity index (χ0n) is 24.4. The minimum absolute atomic E-state index is 0.0480. The van der Waals surface area contributed by atoms with Crippen LogP contribution in [0, 0.1) is 5.92 Å². The number of carbonyl (C=O) groups is 3. The Morgan fingerprint density at radius 1 is 0.837 bits per heavy atom. The fraction of sp³-hybridized carbons (Fsp3) is 0.333. The van der Waals surface area contributed by atoms with Crippen LogP contribution in [0.2, 0.25) is 5.02 Å². The molecule has 2 aromatic carbocycles. The number of aromatic nitrogens is 1. The molecule has 0 radical (unpaired) electrons. The number of nitrogens with one attached hydrogen (secondary N) is 3. The molecule has 3 amide bonds. The lowest BCUT2D eigenvalue weighted by Crippen LogP contribution is -2.59. The van der Waals surface area contributed by atoms with Gasteiger partial charge in [0, 0.05) is 12.6 Å². The molecule has 0 aliphatic rings. The molecule has 11 nitrogen and oxygen atoms in total. The van der Waals surface area contributed by atoms with Gasteiger partial charge in [-0.15, -0.1) is 0 Å². The number of ether oxygens (including phenoxy) is 2. The topological polar surface area (TPSA) is 159 Å². The van der Waals surface area contributed by atoms with Crippen molar-refractivity contribution in [3.63, 3.8) is 0 Å². The number of carbonyl (C=O) groups excluding carboxylic acids is 3. The van der Waals surface area contributed by atoms with Gasteiger partial charge < -0.3 is 35.5 Å². The molecule has 1 heterocycles. The number of hydrogen-bond acceptors (Lipinski definition) is 8. The standard InChI is InChI=1S/C30H36BClN4O7/c1-18(2)26(29(38)35-25(31(40)41)17-20-9-13-22(43-4)14-10-20)36-28(37)24(16-19-7-11-21(42-3)12-8-19)34-30(39)27-23(32)6-5-15-33-27/h5-15,18,24-26,40-41H,16-17H2,1-4H3,(H,34,39)(H,35,38)(H,36,37)/t24-,25-,26-/m0/s1. The molecule has 228 valence electrons. The van der Waals surface area contributed by atoms with E-state index in [2.05, 4.69) is 20.9 Å². The molecular weight excluding hydrogens is 575 g/mol. The van der Waals surface area contributed by atoms with Gasteiger partial charge in [0.1, 0.15) is 29.3 Å². The van der Waals surface area contributed by atoms with Crippen molar-refractivity contribution in [1.82, 2.24) is 20.9 Å². The maximum atomic E-state index is 13.6. The van der Waals surface area contributed by atoms with Crippen LogP contribution in [0.5, 0.6) is 11.5 Å². The highest BCUT2D eigenvalue weighted by Gasteiger charge is 2.33. The van der Waals surface area contributed by atoms with E-state index in [1.807, 2.05) is 0 Å². The van der Waals surface area contributed by atoms with Crippen LogP contribution in [0.15, 0.2) is 66.9 Å². The predicted molar refractivity (Wildman–Crippen MR) is 163 cm³/mol. The van der Waals surface area contributed by atoms with E-state index >= 15 is 0 Å². The average Bonchev–Trinajstić information content (AvgIpc) is 2.99. The van der Waals surface area contributed by atoms with Crippen LogP contribution in [0.4, 0.5) is 0 Å². The number of benzene rings is 2. The summed E-state index contributed by atoms with van der Waals surface area (Å²) in [6.07, 6.45) is 1.62. The second-order valence-electron chi connectivity index (χ2n) is 10.2. The number of rotatable bonds is 14. The summed E-state index contributed by atoms with van der Waals surface area (Å²) in [5, 5.41) is 28.2. The van der Waals surface area contributed by atoms with Gasteiger partial charge in [0.05, 0.1) is 25.2 Å². The second kappa shape index (κ2) is 15.9. The third-order valence-electron chi connectivity index (χ3n) is 6.74. The van der Waals surface area contributed by atoms with E-state index < -0.39 is 42.9 Å². The molecular formula is C30H36BClN4O7. The van der Waals surface area contributed by atoms with Gasteiger partial charge >= 0.3 is 7.12 Å². The van der Waals surface area contributed by atoms with Crippen LogP contribution >= 0.6 is 11.6 Å². The molecule has 0 saturated carbocycles. The van der Waals surface area contributed by atoms with Gasteiger partial charge in [0.2, 0.25) is 11.8 Å². The van der Waals surface area contributed by atoms with Gasteiger partial charge in [-0.3, -0.25) is 14.4 Å². The number of hydrogen-bond donors (Lipinski definition) is 5. The van der Waals surface area contributed by atoms with Crippen molar-refractivity contribution < 1.29 is 33.9 Å². The smallest absolute Gasteiger partial charge is 0.475 e. The van der Waals surface area contributed by atoms with Gasteiger partial charge in [0.25, 0.3) is 5.91 Å². The molecule has 0 spiro atoms. The molecule has 0 fully saturated rings. The first kappa shape index (κ1) is 33.4. The van der Waals surface area contributed by atoms with E-state index in [4.69, 9.17) is 21.1 Å². The Morgan fingerprint density at radius 3 is 1.88 bits per heavy atom. The Balaban J connectivity index is 1.79. The first-order valence-corrected chi connectivity index (χ1v) is 14.0. The zero-order valence-corrected chi connectivity index (χ0v) is 25.2. The third kappa shape index (κ3) is 9.70. The summed E-state index contributed by atoms with van der Waals surface area (Å²) in [5.41, 5.74) is 1.41. The molecule has 1 aromatic heterocycles. The van der Waals surface area contributed by atoms with Crippen molar-refractivity contribution in [3.05, 3.63) is 88.7 Å². The van der Waals surface area contributed by atoms with Gasteiger partial charge in [-0.25, -0.2) is 4.98 Å². The molecule has 3 aromatic rings. The number of halogens is 1. The Morgan fingerprint density at radius 2 is 1.40 bits per heavy atom. The third-order valence-corrected chi connectivity index (χ3v) is 7.05. The molecule has 13 heteroatoms. The largest absolute Gasteiger partial charge is 0.497 e. The lowest BCUT2D eigenvalue weighted by molar-refractivity contribution is -0.131. The van der Waals surface area contributed by atoms with E-state index in [1.165, 1.54) is 26.5 Å². The molecule has 0 aliphatic carbocycles. The average molecular weight is 611 g/mol. The number of nitrogens with zero attached hydrogens (tertiary/aromatic N) is 1. The van der Waals surface area contributed by atoms with Crippen LogP contribution in [-0.2, 0) is 22.4 Å². The van der Waals surface area contributed by atoms with Gasteiger partial charge in [-0.2, -0.15) is 0 Å². The Hall–Kier alpha value is -4.13. The summed E-state index contributed by atoms with van der Waals surface area (Å²) in [4.78, 5) is 44.1. The summed E-state index contributed by atoms with van der Waals surface area (Å²) in [6, 6.07) is 14.9. The maximum Gasteiger partial charge on any atom is 0.475 e. The second-order valence-corrected chi connectivity index (χ2v) is 10.6. The van der Waals surface area contributed by atoms with Crippen LogP contribution in [0.25, 0.3) is 0 Å². The lowest BCUT2D eigenvalue weighted by atomic mass is 9.75. The first-order chi connectivity index (χ1) is 20.5. The van der Waals surface area contributed by atoms with Crippen molar-refractivity contribution in [1.29, 1.82) is 0 Å². The van der Waals surface area contributed by atoms with Crippen LogP contribution in [0.1, 0.15) is 35.5 Å². The highest BCUT2D eigenvalue weighted by Crippen LogP contribution is 2.16. The summed E-state index contributed by atoms with van der Waals surface area (Å²) < 4.78 is 10.4. The van der Waals surface area contributed by atoms with Crippen LogP contribution in [0.3, 0.4) is 0 Å². The quantitative estimate of drug-likeness (QED) is 0.173. The summed E-state index contributed by atoms with van der Waals surface area (Å²) in [7, 11) is 1.22. The molecule has 0 aliphatic heterocycles.